The first-order valence-electron chi connectivity index (χ1n) is 11.1. The number of nitrogens with zero attached hydrogens (tertiary/aromatic N) is 1. The molecule has 0 fully saturated rings. The van der Waals surface area contributed by atoms with E-state index in [4.69, 9.17) is 9.15 Å². The van der Waals surface area contributed by atoms with Gasteiger partial charge in [-0.1, -0.05) is 12.1 Å². The van der Waals surface area contributed by atoms with Crippen molar-refractivity contribution in [2.24, 2.45) is 0 Å². The standard InChI is InChI=1S/C26H21F3N2O6/c1-15-23(33)21(32)8-10-31(15)11-9-30-24(34)20-12-17-4-7-19(13-22(17)37-25(20)35)36-14-16-2-5-18(6-3-16)26(27,28)29/h2-8,10,12-13,33H,9,11,14H2,1H3,(H,30,34). The maximum absolute atomic E-state index is 12.7. The molecule has 0 atom stereocenters. The van der Waals surface area contributed by atoms with Crippen LogP contribution in [0, 0.1) is 6.92 Å². The number of alkyl halides is 3. The largest absolute Gasteiger partial charge is 0.503 e. The van der Waals surface area contributed by atoms with E-state index in [0.717, 1.165) is 12.1 Å². The van der Waals surface area contributed by atoms with Crippen molar-refractivity contribution in [3.05, 3.63) is 104 Å². The molecule has 37 heavy (non-hydrogen) atoms. The predicted octanol–water partition coefficient (Wildman–Crippen LogP) is 4.00. The lowest BCUT2D eigenvalue weighted by atomic mass is 10.1. The van der Waals surface area contributed by atoms with Gasteiger partial charge in [0.1, 0.15) is 23.5 Å². The van der Waals surface area contributed by atoms with Gasteiger partial charge in [0.25, 0.3) is 5.91 Å². The van der Waals surface area contributed by atoms with Gasteiger partial charge in [-0.2, -0.15) is 13.2 Å². The van der Waals surface area contributed by atoms with Crippen molar-refractivity contribution >= 4 is 16.9 Å². The third-order valence-corrected chi connectivity index (χ3v) is 5.69. The first-order chi connectivity index (χ1) is 17.5. The number of pyridine rings is 1. The van der Waals surface area contributed by atoms with E-state index in [9.17, 15) is 32.7 Å². The molecule has 0 radical (unpaired) electrons. The predicted molar refractivity (Wildman–Crippen MR) is 128 cm³/mol. The lowest BCUT2D eigenvalue weighted by molar-refractivity contribution is -0.137. The third-order valence-electron chi connectivity index (χ3n) is 5.69. The fraction of sp³-hybridized carbons (Fsp3) is 0.192. The monoisotopic (exact) mass is 514 g/mol. The highest BCUT2D eigenvalue weighted by Crippen LogP contribution is 2.29. The Balaban J connectivity index is 1.41. The van der Waals surface area contributed by atoms with Gasteiger partial charge in [0.15, 0.2) is 5.75 Å². The van der Waals surface area contributed by atoms with Gasteiger partial charge in [-0.3, -0.25) is 9.59 Å². The number of benzene rings is 2. The van der Waals surface area contributed by atoms with E-state index in [1.165, 1.54) is 36.5 Å². The van der Waals surface area contributed by atoms with Crippen LogP contribution < -0.4 is 21.1 Å². The van der Waals surface area contributed by atoms with Crippen LogP contribution in [0.25, 0.3) is 11.0 Å². The maximum atomic E-state index is 12.7. The number of ether oxygens (including phenoxy) is 1. The molecule has 2 N–H and O–H groups in total. The second-order valence-corrected chi connectivity index (χ2v) is 8.19. The van der Waals surface area contributed by atoms with Crippen molar-refractivity contribution in [2.75, 3.05) is 6.54 Å². The first kappa shape index (κ1) is 25.5. The molecule has 2 aromatic carbocycles. The van der Waals surface area contributed by atoms with Gasteiger partial charge in [0.2, 0.25) is 5.43 Å². The number of amides is 1. The summed E-state index contributed by atoms with van der Waals surface area (Å²) in [6.45, 7) is 1.94. The van der Waals surface area contributed by atoms with E-state index >= 15 is 0 Å². The van der Waals surface area contributed by atoms with Crippen molar-refractivity contribution in [1.82, 2.24) is 9.88 Å². The third kappa shape index (κ3) is 5.83. The van der Waals surface area contributed by atoms with Crippen LogP contribution in [0.2, 0.25) is 0 Å². The van der Waals surface area contributed by atoms with Gasteiger partial charge < -0.3 is 24.1 Å². The molecule has 0 aliphatic rings. The van der Waals surface area contributed by atoms with Crippen LogP contribution in [0.5, 0.6) is 11.5 Å². The number of hydrogen-bond donors (Lipinski definition) is 2. The van der Waals surface area contributed by atoms with E-state index in [1.807, 2.05) is 0 Å². The van der Waals surface area contributed by atoms with Gasteiger partial charge in [-0.25, -0.2) is 4.79 Å². The molecule has 0 unspecified atom stereocenters. The zero-order valence-corrected chi connectivity index (χ0v) is 19.5. The summed E-state index contributed by atoms with van der Waals surface area (Å²) >= 11 is 0. The minimum atomic E-state index is -4.42. The smallest absolute Gasteiger partial charge is 0.416 e. The van der Waals surface area contributed by atoms with E-state index < -0.39 is 28.7 Å². The molecular formula is C26H21F3N2O6. The van der Waals surface area contributed by atoms with Gasteiger partial charge in [0.05, 0.1) is 11.3 Å². The Morgan fingerprint density at radius 2 is 1.81 bits per heavy atom. The molecule has 4 rings (SSSR count). The van der Waals surface area contributed by atoms with Crippen molar-refractivity contribution in [2.45, 2.75) is 26.3 Å². The van der Waals surface area contributed by atoms with Gasteiger partial charge in [-0.15, -0.1) is 0 Å². The number of aromatic hydroxyl groups is 1. The Morgan fingerprint density at radius 1 is 1.08 bits per heavy atom. The number of hydrogen-bond acceptors (Lipinski definition) is 6. The Bertz CT molecular complexity index is 1570. The first-order valence-corrected chi connectivity index (χ1v) is 11.1. The molecule has 2 heterocycles. The lowest BCUT2D eigenvalue weighted by Crippen LogP contribution is -2.31. The molecule has 1 amide bonds. The number of carbonyl (C=O) groups excluding carboxylic acids is 1. The molecule has 8 nitrogen and oxygen atoms in total. The fourth-order valence-corrected chi connectivity index (χ4v) is 3.59. The van der Waals surface area contributed by atoms with Gasteiger partial charge >= 0.3 is 11.8 Å². The average molecular weight is 514 g/mol. The molecule has 2 aromatic heterocycles. The van der Waals surface area contributed by atoms with E-state index in [-0.39, 0.29) is 36.6 Å². The number of halogens is 3. The molecular weight excluding hydrogens is 493 g/mol. The summed E-state index contributed by atoms with van der Waals surface area (Å²) in [7, 11) is 0. The molecule has 0 bridgehead atoms. The molecule has 11 heteroatoms. The maximum Gasteiger partial charge on any atom is 0.416 e. The zero-order valence-electron chi connectivity index (χ0n) is 19.5. The van der Waals surface area contributed by atoms with Gasteiger partial charge in [0, 0.05) is 36.8 Å². The van der Waals surface area contributed by atoms with Crippen LogP contribution in [-0.4, -0.2) is 22.1 Å². The van der Waals surface area contributed by atoms with Crippen LogP contribution in [0.3, 0.4) is 0 Å². The van der Waals surface area contributed by atoms with Crippen molar-refractivity contribution in [3.8, 4) is 11.5 Å². The van der Waals surface area contributed by atoms with Crippen LogP contribution >= 0.6 is 0 Å². The van der Waals surface area contributed by atoms with E-state index in [1.54, 1.807) is 23.6 Å². The van der Waals surface area contributed by atoms with Crippen LogP contribution in [0.1, 0.15) is 27.2 Å². The van der Waals surface area contributed by atoms with E-state index in [0.29, 0.717) is 22.4 Å². The minimum Gasteiger partial charge on any atom is -0.503 e. The number of rotatable bonds is 7. The fourth-order valence-electron chi connectivity index (χ4n) is 3.59. The van der Waals surface area contributed by atoms with E-state index in [2.05, 4.69) is 5.32 Å². The number of aromatic nitrogens is 1. The molecule has 0 aliphatic heterocycles. The summed E-state index contributed by atoms with van der Waals surface area (Å²) in [5, 5.41) is 12.8. The number of fused-ring (bicyclic) bond motifs is 1. The summed E-state index contributed by atoms with van der Waals surface area (Å²) in [6.07, 6.45) is -2.93. The summed E-state index contributed by atoms with van der Waals surface area (Å²) < 4.78 is 50.5. The Morgan fingerprint density at radius 3 is 2.51 bits per heavy atom. The van der Waals surface area contributed by atoms with Crippen LogP contribution in [-0.2, 0) is 19.3 Å². The highest BCUT2D eigenvalue weighted by atomic mass is 19.4. The Kier molecular flexibility index (Phi) is 7.05. The summed E-state index contributed by atoms with van der Waals surface area (Å²) in [5.74, 6) is -0.694. The quantitative estimate of drug-likeness (QED) is 0.361. The van der Waals surface area contributed by atoms with Crippen LogP contribution in [0.4, 0.5) is 13.2 Å². The second kappa shape index (κ2) is 10.2. The topological polar surface area (TPSA) is 111 Å². The Labute approximate surface area is 207 Å². The normalized spacial score (nSPS) is 11.5. The SMILES string of the molecule is Cc1c(O)c(=O)ccn1CCNC(=O)c1cc2ccc(OCc3ccc(C(F)(F)F)cc3)cc2oc1=O. The number of carbonyl (C=O) groups is 1. The molecule has 0 aliphatic carbocycles. The summed E-state index contributed by atoms with van der Waals surface area (Å²) in [4.78, 5) is 36.4. The van der Waals surface area contributed by atoms with Crippen molar-refractivity contribution in [3.63, 3.8) is 0 Å². The second-order valence-electron chi connectivity index (χ2n) is 8.19. The molecule has 192 valence electrons. The average Bonchev–Trinajstić information content (AvgIpc) is 2.86. The Hall–Kier alpha value is -4.54. The molecule has 0 saturated heterocycles. The lowest BCUT2D eigenvalue weighted by Gasteiger charge is -2.12. The number of nitrogens with one attached hydrogen (secondary N) is 1. The molecule has 4 aromatic rings. The van der Waals surface area contributed by atoms with Crippen molar-refractivity contribution in [1.29, 1.82) is 0 Å². The van der Waals surface area contributed by atoms with Crippen LogP contribution in [0.15, 0.2) is 74.8 Å². The molecule has 0 saturated carbocycles. The van der Waals surface area contributed by atoms with Crippen molar-refractivity contribution < 1.29 is 32.2 Å². The minimum absolute atomic E-state index is 0.00116. The van der Waals surface area contributed by atoms with Gasteiger partial charge in [-0.05, 0) is 42.8 Å². The molecule has 0 spiro atoms. The zero-order chi connectivity index (χ0) is 26.7. The highest BCUT2D eigenvalue weighted by molar-refractivity contribution is 5.96. The summed E-state index contributed by atoms with van der Waals surface area (Å²) in [6, 6.07) is 11.8. The summed E-state index contributed by atoms with van der Waals surface area (Å²) in [5.41, 5.74) is -1.27. The highest BCUT2D eigenvalue weighted by Gasteiger charge is 2.29.